The van der Waals surface area contributed by atoms with Gasteiger partial charge in [-0.1, -0.05) is 18.2 Å². The Bertz CT molecular complexity index is 908. The van der Waals surface area contributed by atoms with Crippen LogP contribution in [0.1, 0.15) is 47.1 Å². The number of likely N-dealkylation sites (tertiary alicyclic amines) is 1. The smallest absolute Gasteiger partial charge is 0.251 e. The van der Waals surface area contributed by atoms with E-state index in [1.54, 1.807) is 0 Å². The number of benzene rings is 1. The molecule has 2 aliphatic carbocycles. The molecule has 1 aliphatic heterocycles. The van der Waals surface area contributed by atoms with Gasteiger partial charge in [0, 0.05) is 37.2 Å². The summed E-state index contributed by atoms with van der Waals surface area (Å²) in [5, 5.41) is 0. The van der Waals surface area contributed by atoms with Gasteiger partial charge < -0.3 is 4.98 Å². The Morgan fingerprint density at radius 2 is 1.92 bits per heavy atom. The first kappa shape index (κ1) is 17.7. The molecule has 0 amide bonds. The van der Waals surface area contributed by atoms with Crippen molar-refractivity contribution in [3.8, 4) is 11.3 Å². The number of nitrogens with zero attached hydrogens (tertiary/aromatic N) is 1. The summed E-state index contributed by atoms with van der Waals surface area (Å²) in [6.07, 6.45) is 5.11. The van der Waals surface area contributed by atoms with Crippen molar-refractivity contribution in [2.24, 2.45) is 0 Å². The van der Waals surface area contributed by atoms with Crippen LogP contribution in [0.15, 0.2) is 23.0 Å². The summed E-state index contributed by atoms with van der Waals surface area (Å²) in [6.45, 7) is 2.19. The number of halogens is 2. The lowest BCUT2D eigenvalue weighted by molar-refractivity contribution is 0.282. The highest BCUT2D eigenvalue weighted by molar-refractivity contribution is 5.85. The molecule has 1 atom stereocenters. The van der Waals surface area contributed by atoms with Crippen molar-refractivity contribution in [1.82, 2.24) is 9.88 Å². The first-order chi connectivity index (χ1) is 12.2. The third kappa shape index (κ3) is 2.80. The van der Waals surface area contributed by atoms with Gasteiger partial charge in [-0.25, -0.2) is 4.39 Å². The fraction of sp³-hybridized carbons (Fsp3) is 0.476. The number of hydrogen-bond acceptors (Lipinski definition) is 2. The van der Waals surface area contributed by atoms with Crippen LogP contribution in [0.25, 0.3) is 11.3 Å². The van der Waals surface area contributed by atoms with Crippen LogP contribution in [0, 0.1) is 0 Å². The van der Waals surface area contributed by atoms with Crippen LogP contribution in [-0.2, 0) is 25.8 Å². The molecule has 26 heavy (non-hydrogen) atoms. The van der Waals surface area contributed by atoms with Crippen LogP contribution in [0.3, 0.4) is 0 Å². The SMILES string of the molecule is Cl.O=c1[nH]c2c(c3c1CCCC3)Cc1c(CN3CC[C@H](F)C3)cccc1-2. The van der Waals surface area contributed by atoms with Crippen molar-refractivity contribution >= 4 is 12.4 Å². The molecule has 0 saturated carbocycles. The van der Waals surface area contributed by atoms with E-state index in [0.29, 0.717) is 13.0 Å². The third-order valence-electron chi connectivity index (χ3n) is 6.15. The monoisotopic (exact) mass is 374 g/mol. The zero-order valence-corrected chi connectivity index (χ0v) is 15.6. The molecule has 0 unspecified atom stereocenters. The molecule has 0 bridgehead atoms. The van der Waals surface area contributed by atoms with Gasteiger partial charge in [0.1, 0.15) is 6.17 Å². The maximum Gasteiger partial charge on any atom is 0.251 e. The van der Waals surface area contributed by atoms with Crippen molar-refractivity contribution in [2.45, 2.75) is 51.2 Å². The van der Waals surface area contributed by atoms with E-state index in [0.717, 1.165) is 50.0 Å². The average molecular weight is 375 g/mol. The lowest BCUT2D eigenvalue weighted by Gasteiger charge is -2.18. The number of pyridine rings is 1. The minimum absolute atomic E-state index is 0. The number of aromatic nitrogens is 1. The van der Waals surface area contributed by atoms with Gasteiger partial charge in [-0.3, -0.25) is 9.69 Å². The molecule has 5 heteroatoms. The maximum absolute atomic E-state index is 13.5. The van der Waals surface area contributed by atoms with E-state index in [2.05, 4.69) is 28.1 Å². The Balaban J connectivity index is 0.00000168. The van der Waals surface area contributed by atoms with Crippen LogP contribution >= 0.6 is 12.4 Å². The van der Waals surface area contributed by atoms with Crippen molar-refractivity contribution in [3.05, 3.63) is 56.4 Å². The fourth-order valence-corrected chi connectivity index (χ4v) is 4.90. The highest BCUT2D eigenvalue weighted by Gasteiger charge is 2.29. The fourth-order valence-electron chi connectivity index (χ4n) is 4.90. The van der Waals surface area contributed by atoms with Gasteiger partial charge >= 0.3 is 0 Å². The minimum Gasteiger partial charge on any atom is -0.321 e. The van der Waals surface area contributed by atoms with Crippen LogP contribution in [0.5, 0.6) is 0 Å². The molecule has 1 aromatic carbocycles. The van der Waals surface area contributed by atoms with Gasteiger partial charge in [-0.2, -0.15) is 0 Å². The topological polar surface area (TPSA) is 36.1 Å². The van der Waals surface area contributed by atoms with Crippen LogP contribution in [-0.4, -0.2) is 29.1 Å². The quantitative estimate of drug-likeness (QED) is 0.740. The molecular weight excluding hydrogens is 351 g/mol. The summed E-state index contributed by atoms with van der Waals surface area (Å²) >= 11 is 0. The van der Waals surface area contributed by atoms with Crippen LogP contribution in [0.4, 0.5) is 4.39 Å². The largest absolute Gasteiger partial charge is 0.321 e. The highest BCUT2D eigenvalue weighted by Crippen LogP contribution is 2.40. The predicted octanol–water partition coefficient (Wildman–Crippen LogP) is 3.79. The number of alkyl halides is 1. The molecule has 1 N–H and O–H groups in total. The van der Waals surface area contributed by atoms with E-state index < -0.39 is 6.17 Å². The molecular formula is C21H24ClFN2O. The molecule has 1 aromatic heterocycles. The lowest BCUT2D eigenvalue weighted by atomic mass is 9.88. The highest BCUT2D eigenvalue weighted by atomic mass is 35.5. The Morgan fingerprint density at radius 1 is 1.12 bits per heavy atom. The molecule has 3 nitrogen and oxygen atoms in total. The zero-order valence-electron chi connectivity index (χ0n) is 14.8. The average Bonchev–Trinajstić information content (AvgIpc) is 3.20. The van der Waals surface area contributed by atoms with Crippen LogP contribution in [0.2, 0.25) is 0 Å². The summed E-state index contributed by atoms with van der Waals surface area (Å²) in [6, 6.07) is 6.36. The van der Waals surface area contributed by atoms with Gasteiger partial charge in [-0.15, -0.1) is 12.4 Å². The van der Waals surface area contributed by atoms with E-state index >= 15 is 0 Å². The number of fused-ring (bicyclic) bond motifs is 5. The Kier molecular flexibility index (Phi) is 4.66. The van der Waals surface area contributed by atoms with Gasteiger partial charge in [-0.05, 0) is 54.4 Å². The number of aromatic amines is 1. The summed E-state index contributed by atoms with van der Waals surface area (Å²) < 4.78 is 13.5. The van der Waals surface area contributed by atoms with Crippen molar-refractivity contribution in [2.75, 3.05) is 13.1 Å². The number of rotatable bonds is 2. The van der Waals surface area contributed by atoms with E-state index in [4.69, 9.17) is 0 Å². The summed E-state index contributed by atoms with van der Waals surface area (Å²) in [5.41, 5.74) is 8.58. The maximum atomic E-state index is 13.5. The van der Waals surface area contributed by atoms with Crippen molar-refractivity contribution < 1.29 is 4.39 Å². The van der Waals surface area contributed by atoms with E-state index in [1.807, 2.05) is 0 Å². The summed E-state index contributed by atoms with van der Waals surface area (Å²) in [4.78, 5) is 17.9. The number of H-pyrrole nitrogens is 1. The summed E-state index contributed by atoms with van der Waals surface area (Å²) in [5.74, 6) is 0. The zero-order chi connectivity index (χ0) is 17.0. The van der Waals surface area contributed by atoms with Gasteiger partial charge in [0.25, 0.3) is 5.56 Å². The molecule has 0 spiro atoms. The minimum atomic E-state index is -0.683. The third-order valence-corrected chi connectivity index (χ3v) is 6.15. The molecule has 5 rings (SSSR count). The first-order valence-corrected chi connectivity index (χ1v) is 9.45. The number of hydrogen-bond donors (Lipinski definition) is 1. The molecule has 2 aromatic rings. The van der Waals surface area contributed by atoms with Crippen molar-refractivity contribution in [1.29, 1.82) is 0 Å². The second kappa shape index (κ2) is 6.82. The van der Waals surface area contributed by atoms with Crippen molar-refractivity contribution in [3.63, 3.8) is 0 Å². The molecule has 138 valence electrons. The Morgan fingerprint density at radius 3 is 2.69 bits per heavy atom. The molecule has 0 radical (unpaired) electrons. The van der Waals surface area contributed by atoms with Crippen LogP contribution < -0.4 is 5.56 Å². The second-order valence-electron chi connectivity index (χ2n) is 7.71. The molecule has 1 fully saturated rings. The predicted molar refractivity (Wildman–Crippen MR) is 104 cm³/mol. The van der Waals surface area contributed by atoms with Gasteiger partial charge in [0.15, 0.2) is 0 Å². The first-order valence-electron chi connectivity index (χ1n) is 9.45. The normalized spacial score (nSPS) is 21.0. The molecule has 3 aliphatic rings. The van der Waals surface area contributed by atoms with E-state index in [1.165, 1.54) is 34.2 Å². The van der Waals surface area contributed by atoms with E-state index in [9.17, 15) is 9.18 Å². The van der Waals surface area contributed by atoms with Gasteiger partial charge in [0.05, 0.1) is 5.69 Å². The summed E-state index contributed by atoms with van der Waals surface area (Å²) in [7, 11) is 0. The van der Waals surface area contributed by atoms with Gasteiger partial charge in [0.2, 0.25) is 0 Å². The molecule has 1 saturated heterocycles. The van der Waals surface area contributed by atoms with E-state index in [-0.39, 0.29) is 18.0 Å². The standard InChI is InChI=1S/C21H23FN2O.ClH/c22-14-8-9-24(12-14)11-13-4-3-7-16-18(13)10-19-15-5-1-2-6-17(15)21(25)23-20(16)19;/h3-4,7,14H,1-2,5-6,8-12H2,(H,23,25);1H/t14-;/m0./s1. The lowest BCUT2D eigenvalue weighted by Crippen LogP contribution is -2.21. The Labute approximate surface area is 159 Å². The molecule has 2 heterocycles. The number of nitrogens with one attached hydrogen (secondary N) is 1. The second-order valence-corrected chi connectivity index (χ2v) is 7.71. The Hall–Kier alpha value is -1.65.